The lowest BCUT2D eigenvalue weighted by Gasteiger charge is -2.30. The lowest BCUT2D eigenvalue weighted by Crippen LogP contribution is -2.34. The highest BCUT2D eigenvalue weighted by molar-refractivity contribution is 7.86. The van der Waals surface area contributed by atoms with E-state index in [4.69, 9.17) is 16.3 Å². The SMILES string of the molecule is CC(C)c1ccc(S(=O)N2CCOc3cc(Cl)ccc32)cc1. The zero-order chi connectivity index (χ0) is 15.7. The van der Waals surface area contributed by atoms with Crippen molar-refractivity contribution >= 4 is 28.3 Å². The van der Waals surface area contributed by atoms with Crippen LogP contribution in [-0.4, -0.2) is 17.4 Å². The molecule has 22 heavy (non-hydrogen) atoms. The molecule has 0 aromatic heterocycles. The van der Waals surface area contributed by atoms with Crippen molar-refractivity contribution in [2.75, 3.05) is 17.5 Å². The molecule has 0 spiro atoms. The van der Waals surface area contributed by atoms with Gasteiger partial charge in [-0.1, -0.05) is 37.6 Å². The topological polar surface area (TPSA) is 29.5 Å². The second-order valence-corrected chi connectivity index (χ2v) is 7.38. The number of halogens is 1. The second kappa shape index (κ2) is 6.31. The van der Waals surface area contributed by atoms with E-state index >= 15 is 0 Å². The molecule has 0 N–H and O–H groups in total. The van der Waals surface area contributed by atoms with Crippen LogP contribution in [0.15, 0.2) is 47.4 Å². The molecule has 1 aliphatic rings. The summed E-state index contributed by atoms with van der Waals surface area (Å²) in [5, 5.41) is 0.618. The van der Waals surface area contributed by atoms with Crippen LogP contribution in [-0.2, 0) is 11.0 Å². The van der Waals surface area contributed by atoms with Crippen molar-refractivity contribution in [2.45, 2.75) is 24.7 Å². The summed E-state index contributed by atoms with van der Waals surface area (Å²) in [5.41, 5.74) is 2.07. The van der Waals surface area contributed by atoms with E-state index in [1.54, 1.807) is 12.1 Å². The maximum atomic E-state index is 12.9. The summed E-state index contributed by atoms with van der Waals surface area (Å²) in [6.07, 6.45) is 0. The third-order valence-corrected chi connectivity index (χ3v) is 5.38. The number of benzene rings is 2. The van der Waals surface area contributed by atoms with Gasteiger partial charge < -0.3 is 4.74 Å². The molecule has 116 valence electrons. The first-order valence-electron chi connectivity index (χ1n) is 7.28. The summed E-state index contributed by atoms with van der Waals surface area (Å²) in [7, 11) is -1.25. The number of nitrogens with zero attached hydrogens (tertiary/aromatic N) is 1. The smallest absolute Gasteiger partial charge is 0.153 e. The normalized spacial score (nSPS) is 15.4. The van der Waals surface area contributed by atoms with Crippen LogP contribution in [0.25, 0.3) is 0 Å². The molecule has 0 amide bonds. The highest BCUT2D eigenvalue weighted by Gasteiger charge is 2.24. The van der Waals surface area contributed by atoms with Gasteiger partial charge in [0.2, 0.25) is 0 Å². The molecule has 1 unspecified atom stereocenters. The number of rotatable bonds is 3. The molecule has 0 fully saturated rings. The van der Waals surface area contributed by atoms with Gasteiger partial charge in [-0.15, -0.1) is 0 Å². The Balaban J connectivity index is 1.90. The Hall–Kier alpha value is -1.52. The van der Waals surface area contributed by atoms with E-state index in [9.17, 15) is 4.21 Å². The molecular weight excluding hydrogens is 318 g/mol. The minimum Gasteiger partial charge on any atom is -0.489 e. The van der Waals surface area contributed by atoms with Crippen LogP contribution >= 0.6 is 11.6 Å². The third kappa shape index (κ3) is 2.99. The predicted molar refractivity (Wildman–Crippen MR) is 91.2 cm³/mol. The Morgan fingerprint density at radius 3 is 2.59 bits per heavy atom. The Bertz CT molecular complexity index is 700. The van der Waals surface area contributed by atoms with Gasteiger partial charge >= 0.3 is 0 Å². The average Bonchev–Trinajstić information content (AvgIpc) is 2.53. The van der Waals surface area contributed by atoms with Crippen molar-refractivity contribution in [1.82, 2.24) is 0 Å². The third-order valence-electron chi connectivity index (χ3n) is 3.69. The fraction of sp³-hybridized carbons (Fsp3) is 0.294. The van der Waals surface area contributed by atoms with Crippen LogP contribution in [0.3, 0.4) is 0 Å². The average molecular weight is 336 g/mol. The van der Waals surface area contributed by atoms with Crippen LogP contribution in [0.1, 0.15) is 25.3 Å². The molecular formula is C17H18ClNO2S. The summed E-state index contributed by atoms with van der Waals surface area (Å²) >= 11 is 5.99. The standard InChI is InChI=1S/C17H18ClNO2S/c1-12(2)13-3-6-15(7-4-13)22(20)19-9-10-21-17-11-14(18)5-8-16(17)19/h3-8,11-12H,9-10H2,1-2H3. The van der Waals surface area contributed by atoms with Crippen LogP contribution in [0.4, 0.5) is 5.69 Å². The highest BCUT2D eigenvalue weighted by atomic mass is 35.5. The van der Waals surface area contributed by atoms with E-state index in [-0.39, 0.29) is 0 Å². The van der Waals surface area contributed by atoms with Crippen molar-refractivity contribution in [1.29, 1.82) is 0 Å². The predicted octanol–water partition coefficient (Wildman–Crippen LogP) is 4.39. The van der Waals surface area contributed by atoms with Gasteiger partial charge in [-0.2, -0.15) is 0 Å². The summed E-state index contributed by atoms with van der Waals surface area (Å²) in [6, 6.07) is 13.4. The molecule has 3 nitrogen and oxygen atoms in total. The van der Waals surface area contributed by atoms with E-state index in [1.807, 2.05) is 34.6 Å². The molecule has 0 saturated carbocycles. The Morgan fingerprint density at radius 1 is 1.18 bits per heavy atom. The number of ether oxygens (including phenoxy) is 1. The van der Waals surface area contributed by atoms with E-state index in [0.29, 0.717) is 29.8 Å². The largest absolute Gasteiger partial charge is 0.489 e. The van der Waals surface area contributed by atoms with Crippen molar-refractivity contribution in [3.8, 4) is 5.75 Å². The molecule has 5 heteroatoms. The monoisotopic (exact) mass is 335 g/mol. The minimum absolute atomic E-state index is 0.466. The number of anilines is 1. The lowest BCUT2D eigenvalue weighted by molar-refractivity contribution is 0.317. The molecule has 0 aliphatic carbocycles. The molecule has 1 aliphatic heterocycles. The Morgan fingerprint density at radius 2 is 1.91 bits per heavy atom. The highest BCUT2D eigenvalue weighted by Crippen LogP contribution is 2.36. The second-order valence-electron chi connectivity index (χ2n) is 5.54. The first kappa shape index (κ1) is 15.4. The molecule has 1 atom stereocenters. The van der Waals surface area contributed by atoms with E-state index < -0.39 is 11.0 Å². The lowest BCUT2D eigenvalue weighted by atomic mass is 10.0. The fourth-order valence-corrected chi connectivity index (χ4v) is 3.79. The van der Waals surface area contributed by atoms with Crippen LogP contribution in [0, 0.1) is 0 Å². The van der Waals surface area contributed by atoms with E-state index in [1.165, 1.54) is 5.56 Å². The first-order chi connectivity index (χ1) is 10.6. The zero-order valence-electron chi connectivity index (χ0n) is 12.6. The van der Waals surface area contributed by atoms with E-state index in [0.717, 1.165) is 10.6 Å². The van der Waals surface area contributed by atoms with Crippen LogP contribution < -0.4 is 9.04 Å². The van der Waals surface area contributed by atoms with Gasteiger partial charge in [0, 0.05) is 11.1 Å². The van der Waals surface area contributed by atoms with Crippen molar-refractivity contribution in [3.63, 3.8) is 0 Å². The van der Waals surface area contributed by atoms with Gasteiger partial charge in [0.1, 0.15) is 12.4 Å². The Kier molecular flexibility index (Phi) is 4.41. The van der Waals surface area contributed by atoms with Gasteiger partial charge in [0.25, 0.3) is 0 Å². The van der Waals surface area contributed by atoms with Gasteiger partial charge in [0.05, 0.1) is 17.1 Å². The summed E-state index contributed by atoms with van der Waals surface area (Å²) in [5.74, 6) is 1.15. The number of fused-ring (bicyclic) bond motifs is 1. The molecule has 0 saturated heterocycles. The molecule has 0 bridgehead atoms. The van der Waals surface area contributed by atoms with Crippen LogP contribution in [0.5, 0.6) is 5.75 Å². The molecule has 3 rings (SSSR count). The van der Waals surface area contributed by atoms with E-state index in [2.05, 4.69) is 13.8 Å². The van der Waals surface area contributed by atoms with Gasteiger partial charge in [0.15, 0.2) is 11.0 Å². The number of hydrogen-bond donors (Lipinski definition) is 0. The maximum absolute atomic E-state index is 12.9. The molecule has 0 radical (unpaired) electrons. The summed E-state index contributed by atoms with van der Waals surface area (Å²) in [6.45, 7) is 5.39. The van der Waals surface area contributed by atoms with Gasteiger partial charge in [-0.3, -0.25) is 4.31 Å². The summed E-state index contributed by atoms with van der Waals surface area (Å²) < 4.78 is 20.3. The number of hydrogen-bond acceptors (Lipinski definition) is 2. The zero-order valence-corrected chi connectivity index (χ0v) is 14.2. The van der Waals surface area contributed by atoms with Crippen LogP contribution in [0.2, 0.25) is 5.02 Å². The first-order valence-corrected chi connectivity index (χ1v) is 8.76. The quantitative estimate of drug-likeness (QED) is 0.832. The molecule has 2 aromatic carbocycles. The summed E-state index contributed by atoms with van der Waals surface area (Å²) in [4.78, 5) is 0.798. The van der Waals surface area contributed by atoms with Crippen molar-refractivity contribution in [2.24, 2.45) is 0 Å². The minimum atomic E-state index is -1.25. The molecule has 1 heterocycles. The Labute approximate surface area is 138 Å². The van der Waals surface area contributed by atoms with Gasteiger partial charge in [-0.25, -0.2) is 4.21 Å². The van der Waals surface area contributed by atoms with Crippen molar-refractivity contribution in [3.05, 3.63) is 53.1 Å². The van der Waals surface area contributed by atoms with Gasteiger partial charge in [-0.05, 0) is 35.7 Å². The fourth-order valence-electron chi connectivity index (χ4n) is 2.44. The van der Waals surface area contributed by atoms with Crippen molar-refractivity contribution < 1.29 is 8.95 Å². The maximum Gasteiger partial charge on any atom is 0.153 e. The molecule has 2 aromatic rings.